The van der Waals surface area contributed by atoms with Gasteiger partial charge in [0.15, 0.2) is 5.96 Å². The molecule has 31 heavy (non-hydrogen) atoms. The molecule has 1 aliphatic heterocycles. The summed E-state index contributed by atoms with van der Waals surface area (Å²) in [4.78, 5) is 18.9. The Balaban J connectivity index is 1.48. The van der Waals surface area contributed by atoms with E-state index in [0.717, 1.165) is 37.2 Å². The normalized spacial score (nSPS) is 17.6. The second-order valence-corrected chi connectivity index (χ2v) is 8.18. The van der Waals surface area contributed by atoms with E-state index in [1.807, 2.05) is 61.2 Å². The van der Waals surface area contributed by atoms with Crippen molar-refractivity contribution in [2.24, 2.45) is 10.9 Å². The van der Waals surface area contributed by atoms with E-state index in [4.69, 9.17) is 0 Å². The van der Waals surface area contributed by atoms with E-state index in [0.29, 0.717) is 18.9 Å². The first-order valence-corrected chi connectivity index (χ1v) is 11.1. The van der Waals surface area contributed by atoms with Crippen LogP contribution in [-0.4, -0.2) is 54.6 Å². The number of aliphatic hydroxyl groups excluding tert-OH is 1. The van der Waals surface area contributed by atoms with Crippen molar-refractivity contribution in [3.63, 3.8) is 0 Å². The lowest BCUT2D eigenvalue weighted by atomic mass is 10.1. The van der Waals surface area contributed by atoms with Gasteiger partial charge in [-0.25, -0.2) is 0 Å². The zero-order valence-electron chi connectivity index (χ0n) is 18.6. The number of hydrogen-bond donors (Lipinski definition) is 3. The van der Waals surface area contributed by atoms with Gasteiger partial charge in [-0.15, -0.1) is 0 Å². The molecule has 166 valence electrons. The molecular formula is C25H34N4O2. The number of aliphatic imine (C=N–C) groups is 1. The quantitative estimate of drug-likeness (QED) is 0.429. The van der Waals surface area contributed by atoms with Crippen molar-refractivity contribution < 1.29 is 9.90 Å². The predicted molar refractivity (Wildman–Crippen MR) is 125 cm³/mol. The Morgan fingerprint density at radius 1 is 1.19 bits per heavy atom. The van der Waals surface area contributed by atoms with Gasteiger partial charge in [-0.05, 0) is 31.4 Å². The molecule has 0 bridgehead atoms. The maximum atomic E-state index is 12.4. The fourth-order valence-corrected chi connectivity index (χ4v) is 3.86. The Morgan fingerprint density at radius 2 is 2.00 bits per heavy atom. The van der Waals surface area contributed by atoms with Crippen LogP contribution >= 0.6 is 0 Å². The number of aryl methyl sites for hydroxylation is 1. The molecule has 0 saturated carbocycles. The minimum Gasteiger partial charge on any atom is -0.386 e. The number of carbonyl (C=O) groups excluding carboxylic acids is 1. The first-order chi connectivity index (χ1) is 15.0. The van der Waals surface area contributed by atoms with Gasteiger partial charge >= 0.3 is 0 Å². The second-order valence-electron chi connectivity index (χ2n) is 8.18. The molecule has 0 aromatic heterocycles. The number of likely N-dealkylation sites (tertiary alicyclic amines) is 1. The summed E-state index contributed by atoms with van der Waals surface area (Å²) in [6, 6.07) is 18.1. The van der Waals surface area contributed by atoms with E-state index >= 15 is 0 Å². The average molecular weight is 423 g/mol. The fourth-order valence-electron chi connectivity index (χ4n) is 3.86. The number of carbonyl (C=O) groups is 1. The molecule has 0 spiro atoms. The number of rotatable bonds is 9. The molecule has 1 amide bonds. The molecule has 2 aromatic rings. The van der Waals surface area contributed by atoms with Crippen molar-refractivity contribution in [1.82, 2.24) is 15.5 Å². The van der Waals surface area contributed by atoms with Crippen molar-refractivity contribution >= 4 is 11.9 Å². The summed E-state index contributed by atoms with van der Waals surface area (Å²) in [5.74, 6) is 1.15. The highest BCUT2D eigenvalue weighted by Crippen LogP contribution is 2.18. The maximum Gasteiger partial charge on any atom is 0.223 e. The van der Waals surface area contributed by atoms with E-state index in [-0.39, 0.29) is 18.4 Å². The lowest BCUT2D eigenvalue weighted by molar-refractivity contribution is -0.127. The molecule has 2 aromatic carbocycles. The van der Waals surface area contributed by atoms with Gasteiger partial charge in [-0.1, -0.05) is 60.2 Å². The van der Waals surface area contributed by atoms with Crippen LogP contribution in [0.2, 0.25) is 0 Å². The van der Waals surface area contributed by atoms with Crippen LogP contribution in [0.4, 0.5) is 0 Å². The van der Waals surface area contributed by atoms with Crippen LogP contribution in [0.25, 0.3) is 0 Å². The number of hydrogen-bond acceptors (Lipinski definition) is 3. The molecule has 1 saturated heterocycles. The number of guanidine groups is 1. The topological polar surface area (TPSA) is 77.0 Å². The summed E-state index contributed by atoms with van der Waals surface area (Å²) in [5, 5.41) is 17.0. The number of nitrogens with one attached hydrogen (secondary N) is 2. The van der Waals surface area contributed by atoms with Crippen molar-refractivity contribution in [1.29, 1.82) is 0 Å². The largest absolute Gasteiger partial charge is 0.386 e. The van der Waals surface area contributed by atoms with Crippen LogP contribution in [0.5, 0.6) is 0 Å². The van der Waals surface area contributed by atoms with Crippen LogP contribution in [0.1, 0.15) is 36.1 Å². The monoisotopic (exact) mass is 422 g/mol. The third-order valence-corrected chi connectivity index (χ3v) is 5.56. The van der Waals surface area contributed by atoms with E-state index in [1.165, 1.54) is 5.56 Å². The van der Waals surface area contributed by atoms with Crippen molar-refractivity contribution in [3.8, 4) is 0 Å². The van der Waals surface area contributed by atoms with E-state index in [9.17, 15) is 9.90 Å². The van der Waals surface area contributed by atoms with Gasteiger partial charge in [-0.3, -0.25) is 9.79 Å². The third-order valence-electron chi connectivity index (χ3n) is 5.56. The highest BCUT2D eigenvalue weighted by molar-refractivity contribution is 5.81. The number of amides is 1. The van der Waals surface area contributed by atoms with Crippen LogP contribution < -0.4 is 10.6 Å². The van der Waals surface area contributed by atoms with Gasteiger partial charge in [0.25, 0.3) is 0 Å². The van der Waals surface area contributed by atoms with Gasteiger partial charge in [-0.2, -0.15) is 0 Å². The minimum atomic E-state index is -0.642. The molecule has 0 aliphatic carbocycles. The second kappa shape index (κ2) is 11.5. The first-order valence-electron chi connectivity index (χ1n) is 11.1. The summed E-state index contributed by atoms with van der Waals surface area (Å²) in [6.45, 7) is 7.25. The van der Waals surface area contributed by atoms with E-state index in [2.05, 4.69) is 27.8 Å². The van der Waals surface area contributed by atoms with Gasteiger partial charge in [0.1, 0.15) is 0 Å². The van der Waals surface area contributed by atoms with Crippen LogP contribution in [0, 0.1) is 12.8 Å². The third kappa shape index (κ3) is 7.10. The standard InChI is InChI=1S/C25H34N4O2/c1-3-26-25(28-17-23(30)22-11-7-8-19(2)14-22)27-16-21-15-24(31)29(18-21)13-12-20-9-5-4-6-10-20/h4-11,14,21,23,30H,3,12-13,15-18H2,1-2H3,(H2,26,27,28). The Morgan fingerprint density at radius 3 is 2.74 bits per heavy atom. The molecule has 2 atom stereocenters. The van der Waals surface area contributed by atoms with Crippen molar-refractivity contribution in [2.75, 3.05) is 32.7 Å². The Bertz CT molecular complexity index is 869. The molecule has 3 N–H and O–H groups in total. The summed E-state index contributed by atoms with van der Waals surface area (Å²) >= 11 is 0. The highest BCUT2D eigenvalue weighted by atomic mass is 16.3. The lowest BCUT2D eigenvalue weighted by Crippen LogP contribution is -2.40. The molecule has 2 unspecified atom stereocenters. The molecule has 6 heteroatoms. The summed E-state index contributed by atoms with van der Waals surface area (Å²) in [7, 11) is 0. The van der Waals surface area contributed by atoms with Crippen LogP contribution in [0.15, 0.2) is 59.6 Å². The number of benzene rings is 2. The summed E-state index contributed by atoms with van der Waals surface area (Å²) in [6.07, 6.45) is 0.803. The minimum absolute atomic E-state index is 0.222. The van der Waals surface area contributed by atoms with Crippen molar-refractivity contribution in [2.45, 2.75) is 32.8 Å². The fraction of sp³-hybridized carbons (Fsp3) is 0.440. The average Bonchev–Trinajstić information content (AvgIpc) is 3.14. The Kier molecular flexibility index (Phi) is 8.47. The smallest absolute Gasteiger partial charge is 0.223 e. The van der Waals surface area contributed by atoms with Gasteiger partial charge in [0.2, 0.25) is 5.91 Å². The SMILES string of the molecule is CCNC(=NCC(O)c1cccc(C)c1)NCC1CC(=O)N(CCc2ccccc2)C1. The van der Waals surface area contributed by atoms with Crippen LogP contribution in [-0.2, 0) is 11.2 Å². The summed E-state index contributed by atoms with van der Waals surface area (Å²) in [5.41, 5.74) is 3.24. The predicted octanol–water partition coefficient (Wildman–Crippen LogP) is 2.67. The number of aliphatic hydroxyl groups is 1. The lowest BCUT2D eigenvalue weighted by Gasteiger charge is -2.18. The maximum absolute atomic E-state index is 12.4. The molecule has 6 nitrogen and oxygen atoms in total. The number of nitrogens with zero attached hydrogens (tertiary/aromatic N) is 2. The molecule has 1 heterocycles. The van der Waals surface area contributed by atoms with E-state index < -0.39 is 6.10 Å². The van der Waals surface area contributed by atoms with Gasteiger partial charge in [0, 0.05) is 38.5 Å². The van der Waals surface area contributed by atoms with Crippen LogP contribution in [0.3, 0.4) is 0 Å². The zero-order valence-corrected chi connectivity index (χ0v) is 18.6. The zero-order chi connectivity index (χ0) is 22.1. The highest BCUT2D eigenvalue weighted by Gasteiger charge is 2.29. The Labute approximate surface area is 185 Å². The molecule has 3 rings (SSSR count). The molecule has 1 aliphatic rings. The van der Waals surface area contributed by atoms with Gasteiger partial charge in [0.05, 0.1) is 12.6 Å². The molecule has 0 radical (unpaired) electrons. The van der Waals surface area contributed by atoms with E-state index in [1.54, 1.807) is 0 Å². The summed E-state index contributed by atoms with van der Waals surface area (Å²) < 4.78 is 0. The van der Waals surface area contributed by atoms with Gasteiger partial charge < -0.3 is 20.6 Å². The molecule has 1 fully saturated rings. The van der Waals surface area contributed by atoms with Crippen molar-refractivity contribution in [3.05, 3.63) is 71.3 Å². The molecular weight excluding hydrogens is 388 g/mol. The Hall–Kier alpha value is -2.86. The first kappa shape index (κ1) is 22.8.